The molecule has 0 amide bonds. The van der Waals surface area contributed by atoms with Gasteiger partial charge in [0.1, 0.15) is 0 Å². The van der Waals surface area contributed by atoms with Crippen molar-refractivity contribution in [2.24, 2.45) is 0 Å². The zero-order valence-electron chi connectivity index (χ0n) is 8.11. The van der Waals surface area contributed by atoms with Crippen molar-refractivity contribution in [3.8, 4) is 6.07 Å². The molecule has 0 atom stereocenters. The molecule has 0 bridgehead atoms. The first-order valence-corrected chi connectivity index (χ1v) is 6.41. The first kappa shape index (κ1) is 14.4. The minimum Gasteiger partial charge on any atom is -0.293 e. The van der Waals surface area contributed by atoms with Crippen molar-refractivity contribution in [1.82, 2.24) is 0 Å². The highest BCUT2D eigenvalue weighted by Crippen LogP contribution is 2.35. The molecule has 0 aliphatic carbocycles. The van der Waals surface area contributed by atoms with Gasteiger partial charge in [-0.1, -0.05) is 15.9 Å². The maximum absolute atomic E-state index is 12.7. The maximum Gasteiger partial charge on any atom is 0.417 e. The molecule has 1 aromatic rings. The third-order valence-electron chi connectivity index (χ3n) is 1.93. The summed E-state index contributed by atoms with van der Waals surface area (Å²) in [6, 6.07) is 3.53. The Labute approximate surface area is 117 Å². The van der Waals surface area contributed by atoms with E-state index in [1.54, 1.807) is 6.07 Å². The molecule has 0 radical (unpaired) electrons. The monoisotopic (exact) mass is 417 g/mol. The van der Waals surface area contributed by atoms with E-state index in [0.29, 0.717) is 0 Å². The average Bonchev–Trinajstić information content (AvgIpc) is 2.26. The van der Waals surface area contributed by atoms with Crippen molar-refractivity contribution in [3.63, 3.8) is 0 Å². The first-order chi connectivity index (χ1) is 7.81. The quantitative estimate of drug-likeness (QED) is 0.417. The van der Waals surface area contributed by atoms with Gasteiger partial charge in [0.2, 0.25) is 0 Å². The van der Waals surface area contributed by atoms with E-state index in [1.165, 1.54) is 28.7 Å². The van der Waals surface area contributed by atoms with Gasteiger partial charge in [-0.2, -0.15) is 18.4 Å². The number of carbonyl (C=O) groups excluding carboxylic acids is 1. The lowest BCUT2D eigenvalue weighted by Crippen LogP contribution is -2.13. The Hall–Kier alpha value is -0.620. The largest absolute Gasteiger partial charge is 0.417 e. The van der Waals surface area contributed by atoms with Crippen molar-refractivity contribution in [2.75, 3.05) is 5.33 Å². The summed E-state index contributed by atoms with van der Waals surface area (Å²) < 4.78 is 37.8. The molecule has 0 heterocycles. The lowest BCUT2D eigenvalue weighted by atomic mass is 10.0. The molecule has 0 N–H and O–H groups in total. The third-order valence-corrected chi connectivity index (χ3v) is 3.60. The molecule has 0 saturated carbocycles. The Morgan fingerprint density at radius 3 is 2.47 bits per heavy atom. The van der Waals surface area contributed by atoms with Crippen LogP contribution in [0.4, 0.5) is 13.2 Å². The smallest absolute Gasteiger partial charge is 0.293 e. The Balaban J connectivity index is 3.54. The number of ketones is 1. The Bertz CT molecular complexity index is 507. The van der Waals surface area contributed by atoms with Crippen molar-refractivity contribution < 1.29 is 18.0 Å². The number of hydrogen-bond donors (Lipinski definition) is 0. The number of nitriles is 1. The van der Waals surface area contributed by atoms with Crippen molar-refractivity contribution in [3.05, 3.63) is 32.4 Å². The predicted octanol–water partition coefficient (Wildman–Crippen LogP) is 3.76. The molecule has 0 aromatic heterocycles. The highest BCUT2D eigenvalue weighted by molar-refractivity contribution is 14.1. The molecule has 2 nitrogen and oxygen atoms in total. The second-order valence-electron chi connectivity index (χ2n) is 3.05. The standard InChI is InChI=1S/C10H4BrF3INO/c11-3-8(17)6-1-5(4-16)2-7(9(6)15)10(12,13)14/h1-2H,3H2. The van der Waals surface area contributed by atoms with Crippen LogP contribution in [0, 0.1) is 14.9 Å². The summed E-state index contributed by atoms with van der Waals surface area (Å²) in [5.74, 6) is -0.489. The highest BCUT2D eigenvalue weighted by Gasteiger charge is 2.35. The molecule has 90 valence electrons. The van der Waals surface area contributed by atoms with Gasteiger partial charge in [0.05, 0.1) is 22.5 Å². The number of Topliss-reactive ketones (excluding diaryl/α,β-unsaturated/α-hetero) is 1. The minimum atomic E-state index is -4.58. The van der Waals surface area contributed by atoms with E-state index >= 15 is 0 Å². The number of hydrogen-bond acceptors (Lipinski definition) is 2. The lowest BCUT2D eigenvalue weighted by Gasteiger charge is -2.12. The van der Waals surface area contributed by atoms with Crippen LogP contribution in [0.25, 0.3) is 0 Å². The Morgan fingerprint density at radius 1 is 1.47 bits per heavy atom. The SMILES string of the molecule is N#Cc1cc(C(=O)CBr)c(I)c(C(F)(F)F)c1. The summed E-state index contributed by atoms with van der Waals surface area (Å²) in [5, 5.41) is 8.57. The van der Waals surface area contributed by atoms with Crippen molar-refractivity contribution >= 4 is 44.3 Å². The van der Waals surface area contributed by atoms with Gasteiger partial charge in [0.15, 0.2) is 5.78 Å². The zero-order chi connectivity index (χ0) is 13.2. The van der Waals surface area contributed by atoms with Gasteiger partial charge in [-0.3, -0.25) is 4.79 Å². The molecule has 0 saturated heterocycles. The second kappa shape index (κ2) is 5.35. The van der Waals surface area contributed by atoms with Crippen LogP contribution in [-0.2, 0) is 6.18 Å². The molecule has 1 rings (SSSR count). The van der Waals surface area contributed by atoms with Gasteiger partial charge in [-0.05, 0) is 34.7 Å². The van der Waals surface area contributed by atoms with Gasteiger partial charge in [-0.15, -0.1) is 0 Å². The van der Waals surface area contributed by atoms with Crippen LogP contribution in [0.15, 0.2) is 12.1 Å². The maximum atomic E-state index is 12.7. The summed E-state index contributed by atoms with van der Waals surface area (Å²) in [5.41, 5.74) is -1.22. The van der Waals surface area contributed by atoms with E-state index in [4.69, 9.17) is 5.26 Å². The van der Waals surface area contributed by atoms with Crippen LogP contribution in [0.5, 0.6) is 0 Å². The summed E-state index contributed by atoms with van der Waals surface area (Å²) in [6.07, 6.45) is -4.58. The molecule has 1 aromatic carbocycles. The van der Waals surface area contributed by atoms with E-state index in [1.807, 2.05) is 0 Å². The second-order valence-corrected chi connectivity index (χ2v) is 4.69. The van der Waals surface area contributed by atoms with Crippen LogP contribution in [0.2, 0.25) is 0 Å². The first-order valence-electron chi connectivity index (χ1n) is 4.21. The van der Waals surface area contributed by atoms with Gasteiger partial charge in [0.25, 0.3) is 0 Å². The van der Waals surface area contributed by atoms with Gasteiger partial charge < -0.3 is 0 Å². The zero-order valence-corrected chi connectivity index (χ0v) is 11.9. The number of alkyl halides is 4. The van der Waals surface area contributed by atoms with Gasteiger partial charge >= 0.3 is 6.18 Å². The minimum absolute atomic E-state index is 0.0881. The van der Waals surface area contributed by atoms with Crippen molar-refractivity contribution in [2.45, 2.75) is 6.18 Å². The summed E-state index contributed by atoms with van der Waals surface area (Å²) in [7, 11) is 0. The molecule has 0 aliphatic heterocycles. The fraction of sp³-hybridized carbons (Fsp3) is 0.200. The number of carbonyl (C=O) groups is 1. The van der Waals surface area contributed by atoms with E-state index in [9.17, 15) is 18.0 Å². The third kappa shape index (κ3) is 3.19. The van der Waals surface area contributed by atoms with E-state index < -0.39 is 17.5 Å². The number of rotatable bonds is 2. The normalized spacial score (nSPS) is 11.1. The fourth-order valence-electron chi connectivity index (χ4n) is 1.17. The van der Waals surface area contributed by atoms with Crippen molar-refractivity contribution in [1.29, 1.82) is 5.26 Å². The van der Waals surface area contributed by atoms with Gasteiger partial charge in [-0.25, -0.2) is 0 Å². The summed E-state index contributed by atoms with van der Waals surface area (Å²) in [4.78, 5) is 11.5. The fourth-order valence-corrected chi connectivity index (χ4v) is 2.39. The van der Waals surface area contributed by atoms with Crippen LogP contribution in [0.3, 0.4) is 0 Å². The van der Waals surface area contributed by atoms with E-state index in [-0.39, 0.29) is 20.0 Å². The highest BCUT2D eigenvalue weighted by atomic mass is 127. The van der Waals surface area contributed by atoms with E-state index in [0.717, 1.165) is 6.07 Å². The van der Waals surface area contributed by atoms with Crippen LogP contribution >= 0.6 is 38.5 Å². The molecule has 7 heteroatoms. The molecule has 0 spiro atoms. The van der Waals surface area contributed by atoms with Crippen LogP contribution < -0.4 is 0 Å². The average molecular weight is 418 g/mol. The molecule has 0 unspecified atom stereocenters. The molecule has 0 aliphatic rings. The Morgan fingerprint density at radius 2 is 2.06 bits per heavy atom. The molecular formula is C10H4BrF3INO. The topological polar surface area (TPSA) is 40.9 Å². The molecular weight excluding hydrogens is 414 g/mol. The Kier molecular flexibility index (Phi) is 4.55. The van der Waals surface area contributed by atoms with Crippen LogP contribution in [-0.4, -0.2) is 11.1 Å². The van der Waals surface area contributed by atoms with E-state index in [2.05, 4.69) is 15.9 Å². The summed E-state index contributed by atoms with van der Waals surface area (Å²) in [6.45, 7) is 0. The molecule has 0 fully saturated rings. The number of halogens is 5. The van der Waals surface area contributed by atoms with Gasteiger partial charge in [0, 0.05) is 9.13 Å². The van der Waals surface area contributed by atoms with Crippen LogP contribution in [0.1, 0.15) is 21.5 Å². The lowest BCUT2D eigenvalue weighted by molar-refractivity contribution is -0.138. The number of nitrogens with zero attached hydrogens (tertiary/aromatic N) is 1. The molecule has 17 heavy (non-hydrogen) atoms. The summed E-state index contributed by atoms with van der Waals surface area (Å²) >= 11 is 4.36. The number of benzene rings is 1. The predicted molar refractivity (Wildman–Crippen MR) is 67.0 cm³/mol.